The summed E-state index contributed by atoms with van der Waals surface area (Å²) in [5, 5.41) is 2.79. The molecule has 1 amide bonds. The summed E-state index contributed by atoms with van der Waals surface area (Å²) >= 11 is 1.42. The average molecular weight is 413 g/mol. The molecule has 8 heteroatoms. The molecule has 29 heavy (non-hydrogen) atoms. The van der Waals surface area contributed by atoms with E-state index in [4.69, 9.17) is 9.47 Å². The number of hydrogen-bond acceptors (Lipinski definition) is 7. The maximum absolute atomic E-state index is 13.1. The second-order valence-corrected chi connectivity index (χ2v) is 7.53. The third-order valence-corrected chi connectivity index (χ3v) is 5.06. The van der Waals surface area contributed by atoms with Gasteiger partial charge in [-0.15, -0.1) is 0 Å². The number of carbonyl (C=O) groups excluding carboxylic acids is 2. The lowest BCUT2D eigenvalue weighted by Crippen LogP contribution is -2.30. The first kappa shape index (κ1) is 20.7. The highest BCUT2D eigenvalue weighted by molar-refractivity contribution is 7.97. The molecule has 7 nitrogen and oxygen atoms in total. The molecule has 0 saturated heterocycles. The molecule has 2 heterocycles. The number of nitrogens with one attached hydrogen (secondary N) is 1. The van der Waals surface area contributed by atoms with Crippen molar-refractivity contribution in [2.45, 2.75) is 37.9 Å². The Morgan fingerprint density at radius 1 is 1.21 bits per heavy atom. The zero-order valence-corrected chi connectivity index (χ0v) is 17.4. The van der Waals surface area contributed by atoms with Crippen molar-refractivity contribution in [2.24, 2.45) is 0 Å². The molecule has 0 bridgehead atoms. The minimum absolute atomic E-state index is 0.312. The topological polar surface area (TPSA) is 80.8 Å². The van der Waals surface area contributed by atoms with E-state index >= 15 is 0 Å². The molecule has 1 atom stereocenters. The number of fused-ring (bicyclic) bond motifs is 1. The third kappa shape index (κ3) is 5.08. The van der Waals surface area contributed by atoms with Crippen LogP contribution in [0, 0.1) is 0 Å². The molecule has 1 aromatic heterocycles. The quantitative estimate of drug-likeness (QED) is 0.417. The third-order valence-electron chi connectivity index (χ3n) is 4.05. The Morgan fingerprint density at radius 2 is 1.97 bits per heavy atom. The highest BCUT2D eigenvalue weighted by atomic mass is 32.2. The minimum Gasteiger partial charge on any atom is -0.452 e. The summed E-state index contributed by atoms with van der Waals surface area (Å²) in [7, 11) is 1.78. The van der Waals surface area contributed by atoms with Crippen molar-refractivity contribution in [3.8, 4) is 0 Å². The number of likely N-dealkylation sites (N-methyl/N-ethyl adjacent to an activating group) is 1. The normalized spacial score (nSPS) is 14.1. The van der Waals surface area contributed by atoms with Crippen LogP contribution in [0.5, 0.6) is 0 Å². The summed E-state index contributed by atoms with van der Waals surface area (Å²) < 4.78 is 13.0. The maximum Gasteiger partial charge on any atom is 0.308 e. The summed E-state index contributed by atoms with van der Waals surface area (Å²) in [5.74, 6) is 0.0818. The van der Waals surface area contributed by atoms with E-state index in [0.29, 0.717) is 30.1 Å². The second-order valence-electron chi connectivity index (χ2n) is 6.36. The van der Waals surface area contributed by atoms with Crippen LogP contribution in [0.25, 0.3) is 5.76 Å². The molecule has 0 radical (unpaired) electrons. The predicted octanol–water partition coefficient (Wildman–Crippen LogP) is 4.05. The lowest BCUT2D eigenvalue weighted by molar-refractivity contribution is -0.164. The molecule has 2 aromatic rings. The average Bonchev–Trinajstić information content (AvgIpc) is 2.68. The van der Waals surface area contributed by atoms with Gasteiger partial charge in [0.1, 0.15) is 5.82 Å². The standard InChI is InChI=1S/C21H23N3O4S/c1-4-9-18(25)27-14(2)28-20-15-10-5-6-11-16(15)29-24(3)19(20)21(26)23-17-12-7-8-13-22-17/h5-8,10-14H,4,9H2,1-3H3,(H,22,23,26). The van der Waals surface area contributed by atoms with Crippen LogP contribution in [-0.2, 0) is 19.1 Å². The summed E-state index contributed by atoms with van der Waals surface area (Å²) in [6.07, 6.45) is 1.76. The zero-order chi connectivity index (χ0) is 20.8. The van der Waals surface area contributed by atoms with Gasteiger partial charge in [0.2, 0.25) is 6.29 Å². The Labute approximate surface area is 174 Å². The van der Waals surface area contributed by atoms with Crippen LogP contribution in [0.15, 0.2) is 59.3 Å². The van der Waals surface area contributed by atoms with E-state index in [1.54, 1.807) is 42.7 Å². The van der Waals surface area contributed by atoms with Crippen molar-refractivity contribution in [1.29, 1.82) is 0 Å². The van der Waals surface area contributed by atoms with Crippen molar-refractivity contribution in [3.63, 3.8) is 0 Å². The molecule has 1 N–H and O–H groups in total. The fourth-order valence-electron chi connectivity index (χ4n) is 2.81. The number of hydrogen-bond donors (Lipinski definition) is 1. The molecule has 152 valence electrons. The monoisotopic (exact) mass is 413 g/mol. The molecule has 1 aliphatic rings. The van der Waals surface area contributed by atoms with Gasteiger partial charge in [-0.3, -0.25) is 9.59 Å². The number of rotatable bonds is 7. The van der Waals surface area contributed by atoms with Crippen LogP contribution >= 0.6 is 11.9 Å². The SMILES string of the molecule is CCCC(=O)OC(C)OC1=C(C(=O)Nc2ccccn2)N(C)Sc2ccccc21. The van der Waals surface area contributed by atoms with Gasteiger partial charge < -0.3 is 19.1 Å². The molecule has 1 unspecified atom stereocenters. The Morgan fingerprint density at radius 3 is 2.69 bits per heavy atom. The van der Waals surface area contributed by atoms with E-state index in [9.17, 15) is 9.59 Å². The summed E-state index contributed by atoms with van der Waals surface area (Å²) in [4.78, 5) is 30.0. The van der Waals surface area contributed by atoms with E-state index in [0.717, 1.165) is 10.5 Å². The second kappa shape index (κ2) is 9.47. The first-order valence-corrected chi connectivity index (χ1v) is 10.1. The van der Waals surface area contributed by atoms with Crippen LogP contribution < -0.4 is 5.32 Å². The lowest BCUT2D eigenvalue weighted by atomic mass is 10.1. The fraction of sp³-hybridized carbons (Fsp3) is 0.286. The van der Waals surface area contributed by atoms with Gasteiger partial charge in [0.05, 0.1) is 0 Å². The first-order valence-electron chi connectivity index (χ1n) is 9.33. The van der Waals surface area contributed by atoms with E-state index < -0.39 is 6.29 Å². The number of aromatic nitrogens is 1. The number of esters is 1. The Kier molecular flexibility index (Phi) is 6.77. The van der Waals surface area contributed by atoms with Gasteiger partial charge in [-0.05, 0) is 42.6 Å². The van der Waals surface area contributed by atoms with E-state index in [1.165, 1.54) is 11.9 Å². The predicted molar refractivity (Wildman–Crippen MR) is 111 cm³/mol. The highest BCUT2D eigenvalue weighted by Gasteiger charge is 2.31. The van der Waals surface area contributed by atoms with Gasteiger partial charge in [-0.1, -0.05) is 25.1 Å². The van der Waals surface area contributed by atoms with Crippen molar-refractivity contribution >= 4 is 35.4 Å². The van der Waals surface area contributed by atoms with Crippen molar-refractivity contribution in [2.75, 3.05) is 12.4 Å². The fourth-order valence-corrected chi connectivity index (χ4v) is 3.76. The van der Waals surface area contributed by atoms with Crippen molar-refractivity contribution in [3.05, 3.63) is 59.9 Å². The summed E-state index contributed by atoms with van der Waals surface area (Å²) in [5.41, 5.74) is 1.08. The van der Waals surface area contributed by atoms with Gasteiger partial charge in [-0.2, -0.15) is 0 Å². The number of benzene rings is 1. The number of pyridine rings is 1. The van der Waals surface area contributed by atoms with Crippen molar-refractivity contribution in [1.82, 2.24) is 9.29 Å². The lowest BCUT2D eigenvalue weighted by Gasteiger charge is -2.30. The number of anilines is 1. The maximum atomic E-state index is 13.1. The van der Waals surface area contributed by atoms with Crippen LogP contribution in [0.3, 0.4) is 0 Å². The Bertz CT molecular complexity index is 917. The molecule has 0 saturated carbocycles. The van der Waals surface area contributed by atoms with Crippen molar-refractivity contribution < 1.29 is 19.1 Å². The van der Waals surface area contributed by atoms with Crippen LogP contribution in [0.2, 0.25) is 0 Å². The Balaban J connectivity index is 1.94. The van der Waals surface area contributed by atoms with Crippen LogP contribution in [-0.4, -0.2) is 34.5 Å². The number of nitrogens with zero attached hydrogens (tertiary/aromatic N) is 2. The largest absolute Gasteiger partial charge is 0.452 e. The highest BCUT2D eigenvalue weighted by Crippen LogP contribution is 2.41. The number of carbonyl (C=O) groups is 2. The van der Waals surface area contributed by atoms with Gasteiger partial charge in [0.15, 0.2) is 11.5 Å². The smallest absolute Gasteiger partial charge is 0.308 e. The van der Waals surface area contributed by atoms with Crippen LogP contribution in [0.4, 0.5) is 5.82 Å². The summed E-state index contributed by atoms with van der Waals surface area (Å²) in [6, 6.07) is 12.9. The van der Waals surface area contributed by atoms with E-state index in [-0.39, 0.29) is 11.9 Å². The van der Waals surface area contributed by atoms with Crippen LogP contribution in [0.1, 0.15) is 32.3 Å². The molecule has 1 aromatic carbocycles. The molecule has 1 aliphatic heterocycles. The van der Waals surface area contributed by atoms with Gasteiger partial charge in [0, 0.05) is 37.0 Å². The molecule has 0 spiro atoms. The van der Waals surface area contributed by atoms with Gasteiger partial charge in [0.25, 0.3) is 5.91 Å². The Hall–Kier alpha value is -3.00. The minimum atomic E-state index is -0.841. The molecule has 0 fully saturated rings. The molecular formula is C21H23N3O4S. The summed E-state index contributed by atoms with van der Waals surface area (Å²) in [6.45, 7) is 3.54. The van der Waals surface area contributed by atoms with E-state index in [1.807, 2.05) is 31.2 Å². The number of ether oxygens (including phenoxy) is 2. The first-order chi connectivity index (χ1) is 14.0. The van der Waals surface area contributed by atoms with E-state index in [2.05, 4.69) is 10.3 Å². The van der Waals surface area contributed by atoms with Gasteiger partial charge in [-0.25, -0.2) is 4.98 Å². The molecular weight excluding hydrogens is 390 g/mol. The molecule has 0 aliphatic carbocycles. The molecule has 3 rings (SSSR count). The zero-order valence-electron chi connectivity index (χ0n) is 16.5. The van der Waals surface area contributed by atoms with Gasteiger partial charge >= 0.3 is 5.97 Å². The number of amides is 1.